The summed E-state index contributed by atoms with van der Waals surface area (Å²) >= 11 is 0. The van der Waals surface area contributed by atoms with Gasteiger partial charge in [0.25, 0.3) is 0 Å². The van der Waals surface area contributed by atoms with Crippen molar-refractivity contribution >= 4 is 9.84 Å². The fourth-order valence-electron chi connectivity index (χ4n) is 2.89. The molecule has 2 bridgehead atoms. The van der Waals surface area contributed by atoms with Gasteiger partial charge in [-0.25, -0.2) is 12.8 Å². The van der Waals surface area contributed by atoms with Crippen molar-refractivity contribution in [2.75, 3.05) is 0 Å². The van der Waals surface area contributed by atoms with Gasteiger partial charge in [0, 0.05) is 0 Å². The third kappa shape index (κ3) is 1.33. The highest BCUT2D eigenvalue weighted by Gasteiger charge is 2.58. The molecular formula is C13H13FO2S. The van der Waals surface area contributed by atoms with Gasteiger partial charge in [-0.1, -0.05) is 30.4 Å². The predicted octanol–water partition coefficient (Wildman–Crippen LogP) is 2.52. The van der Waals surface area contributed by atoms with Gasteiger partial charge in [-0.2, -0.15) is 0 Å². The number of sulfone groups is 1. The highest BCUT2D eigenvalue weighted by Crippen LogP contribution is 2.51. The van der Waals surface area contributed by atoms with E-state index in [1.54, 1.807) is 24.3 Å². The lowest BCUT2D eigenvalue weighted by atomic mass is 10.1. The molecule has 1 fully saturated rings. The molecule has 0 saturated heterocycles. The lowest BCUT2D eigenvalue weighted by molar-refractivity contribution is 0.300. The van der Waals surface area contributed by atoms with Crippen molar-refractivity contribution < 1.29 is 12.8 Å². The molecular weight excluding hydrogens is 239 g/mol. The zero-order valence-electron chi connectivity index (χ0n) is 9.21. The Morgan fingerprint density at radius 3 is 2.47 bits per heavy atom. The van der Waals surface area contributed by atoms with E-state index >= 15 is 0 Å². The Morgan fingerprint density at radius 2 is 1.94 bits per heavy atom. The van der Waals surface area contributed by atoms with Crippen LogP contribution in [0.25, 0.3) is 0 Å². The third-order valence-corrected chi connectivity index (χ3v) is 6.28. The van der Waals surface area contributed by atoms with Crippen molar-refractivity contribution in [3.8, 4) is 0 Å². The van der Waals surface area contributed by atoms with Crippen LogP contribution in [0, 0.1) is 5.92 Å². The molecule has 0 radical (unpaired) electrons. The van der Waals surface area contributed by atoms with Crippen LogP contribution in [0.2, 0.25) is 0 Å². The first-order valence-electron chi connectivity index (χ1n) is 5.69. The van der Waals surface area contributed by atoms with Crippen LogP contribution in [-0.4, -0.2) is 19.3 Å². The molecule has 2 aliphatic rings. The van der Waals surface area contributed by atoms with Crippen LogP contribution in [0.1, 0.15) is 12.8 Å². The maximum atomic E-state index is 14.0. The summed E-state index contributed by atoms with van der Waals surface area (Å²) in [6.07, 6.45) is 2.86. The van der Waals surface area contributed by atoms with E-state index < -0.39 is 20.8 Å². The van der Waals surface area contributed by atoms with Crippen molar-refractivity contribution in [3.05, 3.63) is 42.5 Å². The summed E-state index contributed by atoms with van der Waals surface area (Å²) in [6.45, 7) is 0. The highest BCUT2D eigenvalue weighted by molar-refractivity contribution is 7.93. The molecule has 0 heterocycles. The zero-order chi connectivity index (χ0) is 12.1. The number of benzene rings is 1. The van der Waals surface area contributed by atoms with Gasteiger partial charge < -0.3 is 0 Å². The molecule has 3 atom stereocenters. The van der Waals surface area contributed by atoms with E-state index in [9.17, 15) is 12.8 Å². The summed E-state index contributed by atoms with van der Waals surface area (Å²) in [5.74, 6) is 0.0866. The Labute approximate surface area is 100 Å². The molecule has 0 unspecified atom stereocenters. The molecule has 0 amide bonds. The molecule has 4 heteroatoms. The standard InChI is InChI=1S/C13H13FO2S/c14-12-8-10-6-7-13(12,9-10)17(15,16)11-4-2-1-3-5-11/h1-7,10,12H,8-9H2/t10-,12+,13+/m0/s1. The summed E-state index contributed by atoms with van der Waals surface area (Å²) in [4.78, 5) is 0.217. The fourth-order valence-corrected chi connectivity index (χ4v) is 4.97. The number of rotatable bonds is 2. The molecule has 0 aliphatic heterocycles. The topological polar surface area (TPSA) is 34.1 Å². The van der Waals surface area contributed by atoms with Gasteiger partial charge in [-0.05, 0) is 30.9 Å². The first-order valence-corrected chi connectivity index (χ1v) is 7.18. The van der Waals surface area contributed by atoms with Gasteiger partial charge in [0.05, 0.1) is 4.90 Å². The normalized spacial score (nSPS) is 35.4. The van der Waals surface area contributed by atoms with Crippen LogP contribution in [0.4, 0.5) is 4.39 Å². The van der Waals surface area contributed by atoms with E-state index in [-0.39, 0.29) is 10.8 Å². The second-order valence-corrected chi connectivity index (χ2v) is 7.04. The Balaban J connectivity index is 2.14. The molecule has 90 valence electrons. The van der Waals surface area contributed by atoms with E-state index in [2.05, 4.69) is 0 Å². The predicted molar refractivity (Wildman–Crippen MR) is 63.1 cm³/mol. The summed E-state index contributed by atoms with van der Waals surface area (Å²) in [5, 5.41) is 0. The summed E-state index contributed by atoms with van der Waals surface area (Å²) < 4.78 is 37.8. The van der Waals surface area contributed by atoms with Crippen LogP contribution in [0.5, 0.6) is 0 Å². The molecule has 1 aromatic rings. The van der Waals surface area contributed by atoms with E-state index in [0.29, 0.717) is 12.8 Å². The van der Waals surface area contributed by atoms with Crippen molar-refractivity contribution in [1.29, 1.82) is 0 Å². The highest BCUT2D eigenvalue weighted by atomic mass is 32.2. The average Bonchev–Trinajstić information content (AvgIpc) is 2.89. The average molecular weight is 252 g/mol. The van der Waals surface area contributed by atoms with E-state index in [0.717, 1.165) is 0 Å². The van der Waals surface area contributed by atoms with Crippen molar-refractivity contribution in [2.24, 2.45) is 5.92 Å². The van der Waals surface area contributed by atoms with Gasteiger partial charge in [0.1, 0.15) is 10.9 Å². The third-order valence-electron chi connectivity index (χ3n) is 3.83. The molecule has 1 aromatic carbocycles. The van der Waals surface area contributed by atoms with Gasteiger partial charge in [-0.15, -0.1) is 0 Å². The minimum atomic E-state index is -3.62. The van der Waals surface area contributed by atoms with Gasteiger partial charge in [0.2, 0.25) is 0 Å². The van der Waals surface area contributed by atoms with Crippen LogP contribution >= 0.6 is 0 Å². The summed E-state index contributed by atoms with van der Waals surface area (Å²) in [6, 6.07) is 8.17. The van der Waals surface area contributed by atoms with E-state index in [1.807, 2.05) is 6.08 Å². The Bertz CT molecular complexity index is 564. The van der Waals surface area contributed by atoms with Crippen molar-refractivity contribution in [3.63, 3.8) is 0 Å². The van der Waals surface area contributed by atoms with Crippen LogP contribution in [-0.2, 0) is 9.84 Å². The molecule has 0 spiro atoms. The molecule has 1 saturated carbocycles. The maximum absolute atomic E-state index is 14.0. The lowest BCUT2D eigenvalue weighted by Gasteiger charge is -2.26. The maximum Gasteiger partial charge on any atom is 0.190 e. The Kier molecular flexibility index (Phi) is 2.20. The Hall–Kier alpha value is -1.16. The number of hydrogen-bond acceptors (Lipinski definition) is 2. The van der Waals surface area contributed by atoms with E-state index in [1.165, 1.54) is 12.1 Å². The molecule has 0 aromatic heterocycles. The molecule has 2 aliphatic carbocycles. The van der Waals surface area contributed by atoms with Crippen LogP contribution < -0.4 is 0 Å². The monoisotopic (exact) mass is 252 g/mol. The Morgan fingerprint density at radius 1 is 1.24 bits per heavy atom. The quantitative estimate of drug-likeness (QED) is 0.758. The van der Waals surface area contributed by atoms with Gasteiger partial charge in [0.15, 0.2) is 9.84 Å². The number of alkyl halides is 1. The first-order chi connectivity index (χ1) is 8.06. The van der Waals surface area contributed by atoms with Gasteiger partial charge in [-0.3, -0.25) is 0 Å². The molecule has 0 N–H and O–H groups in total. The van der Waals surface area contributed by atoms with Crippen molar-refractivity contribution in [2.45, 2.75) is 28.7 Å². The SMILES string of the molecule is O=S(=O)(c1ccccc1)[C@@]12C=C[C@@H](C[C@H]1F)C2. The van der Waals surface area contributed by atoms with Crippen LogP contribution in [0.15, 0.2) is 47.4 Å². The second kappa shape index (κ2) is 3.42. The largest absolute Gasteiger partial charge is 0.245 e. The number of allylic oxidation sites excluding steroid dienone is 1. The second-order valence-electron chi connectivity index (χ2n) is 4.80. The lowest BCUT2D eigenvalue weighted by Crippen LogP contribution is -2.41. The molecule has 2 nitrogen and oxygen atoms in total. The number of fused-ring (bicyclic) bond motifs is 2. The number of halogens is 1. The number of hydrogen-bond donors (Lipinski definition) is 0. The summed E-state index contributed by atoms with van der Waals surface area (Å²) in [5.41, 5.74) is 0. The summed E-state index contributed by atoms with van der Waals surface area (Å²) in [7, 11) is -3.62. The van der Waals surface area contributed by atoms with Gasteiger partial charge >= 0.3 is 0 Å². The minimum Gasteiger partial charge on any atom is -0.245 e. The minimum absolute atomic E-state index is 0.0866. The van der Waals surface area contributed by atoms with E-state index in [4.69, 9.17) is 0 Å². The van der Waals surface area contributed by atoms with Crippen LogP contribution in [0.3, 0.4) is 0 Å². The zero-order valence-corrected chi connectivity index (χ0v) is 10.0. The smallest absolute Gasteiger partial charge is 0.190 e. The van der Waals surface area contributed by atoms with Crippen molar-refractivity contribution in [1.82, 2.24) is 0 Å². The molecule has 17 heavy (non-hydrogen) atoms. The first kappa shape index (κ1) is 11.0. The fraction of sp³-hybridized carbons (Fsp3) is 0.385. The molecule has 3 rings (SSSR count).